The van der Waals surface area contributed by atoms with E-state index in [1.165, 1.54) is 19.4 Å². The Balaban J connectivity index is 2.18. The molecular weight excluding hydrogens is 368 g/mol. The molecule has 0 fully saturated rings. The average molecular weight is 388 g/mol. The first-order valence-electron chi connectivity index (χ1n) is 8.42. The van der Waals surface area contributed by atoms with Gasteiger partial charge in [-0.2, -0.15) is 5.10 Å². The van der Waals surface area contributed by atoms with Crippen molar-refractivity contribution in [3.63, 3.8) is 0 Å². The molecule has 0 aliphatic carbocycles. The molecule has 0 spiro atoms. The normalized spacial score (nSPS) is 11.8. The smallest absolute Gasteiger partial charge is 0.301 e. The summed E-state index contributed by atoms with van der Waals surface area (Å²) in [5.41, 5.74) is 2.43. The van der Waals surface area contributed by atoms with Crippen LogP contribution in [0.3, 0.4) is 0 Å². The fourth-order valence-electron chi connectivity index (χ4n) is 2.22. The molecule has 10 nitrogen and oxygen atoms in total. The number of hydrogen-bond donors (Lipinski definition) is 1. The Morgan fingerprint density at radius 1 is 1.14 bits per heavy atom. The highest BCUT2D eigenvalue weighted by molar-refractivity contribution is 5.82. The summed E-state index contributed by atoms with van der Waals surface area (Å²) in [6.07, 6.45) is 2.34. The Labute approximate surface area is 161 Å². The van der Waals surface area contributed by atoms with Crippen molar-refractivity contribution < 1.29 is 19.3 Å². The quantitative estimate of drug-likeness (QED) is 0.388. The lowest BCUT2D eigenvalue weighted by molar-refractivity contribution is -0.393. The van der Waals surface area contributed by atoms with E-state index in [0.717, 1.165) is 18.6 Å². The van der Waals surface area contributed by atoms with Gasteiger partial charge in [0.2, 0.25) is 0 Å². The summed E-state index contributed by atoms with van der Waals surface area (Å²) < 4.78 is 11.1. The fourth-order valence-corrected chi connectivity index (χ4v) is 2.22. The summed E-state index contributed by atoms with van der Waals surface area (Å²) in [4.78, 5) is 20.5. The van der Waals surface area contributed by atoms with Crippen molar-refractivity contribution in [1.82, 2.24) is 0 Å². The molecule has 0 aliphatic heterocycles. The predicted octanol–water partition coefficient (Wildman–Crippen LogP) is 4.13. The second kappa shape index (κ2) is 9.31. The minimum Gasteiger partial charge on any atom is -0.493 e. The summed E-state index contributed by atoms with van der Waals surface area (Å²) >= 11 is 0. The van der Waals surface area contributed by atoms with Crippen molar-refractivity contribution in [3.8, 4) is 11.5 Å². The van der Waals surface area contributed by atoms with Crippen molar-refractivity contribution >= 4 is 23.3 Å². The number of nitro benzene ring substituents is 2. The molecule has 0 saturated carbocycles. The fraction of sp³-hybridized carbons (Fsp3) is 0.278. The first-order valence-corrected chi connectivity index (χ1v) is 8.42. The molecule has 1 N–H and O–H groups in total. The maximum Gasteiger partial charge on any atom is 0.301 e. The second-order valence-electron chi connectivity index (χ2n) is 5.83. The predicted molar refractivity (Wildman–Crippen MR) is 104 cm³/mol. The van der Waals surface area contributed by atoms with E-state index in [0.29, 0.717) is 17.1 Å². The van der Waals surface area contributed by atoms with Gasteiger partial charge in [0.1, 0.15) is 5.69 Å². The van der Waals surface area contributed by atoms with E-state index < -0.39 is 15.5 Å². The van der Waals surface area contributed by atoms with Crippen molar-refractivity contribution in [2.24, 2.45) is 5.10 Å². The number of hydrogen-bond acceptors (Lipinski definition) is 8. The van der Waals surface area contributed by atoms with E-state index in [-0.39, 0.29) is 17.5 Å². The van der Waals surface area contributed by atoms with Gasteiger partial charge in [0.05, 0.1) is 35.3 Å². The van der Waals surface area contributed by atoms with Crippen molar-refractivity contribution in [1.29, 1.82) is 0 Å². The highest BCUT2D eigenvalue weighted by atomic mass is 16.6. The molecule has 148 valence electrons. The minimum atomic E-state index is -0.713. The van der Waals surface area contributed by atoms with Crippen LogP contribution in [-0.2, 0) is 0 Å². The molecule has 1 atom stereocenters. The van der Waals surface area contributed by atoms with Crippen LogP contribution in [0.1, 0.15) is 25.8 Å². The molecule has 0 heterocycles. The van der Waals surface area contributed by atoms with Gasteiger partial charge >= 0.3 is 5.69 Å². The zero-order valence-corrected chi connectivity index (χ0v) is 15.6. The molecule has 2 aromatic carbocycles. The third-order valence-electron chi connectivity index (χ3n) is 3.88. The lowest BCUT2D eigenvalue weighted by atomic mass is 10.2. The molecule has 1 unspecified atom stereocenters. The molecule has 2 aromatic rings. The van der Waals surface area contributed by atoms with Crippen LogP contribution in [0.15, 0.2) is 41.5 Å². The Kier molecular flexibility index (Phi) is 6.85. The summed E-state index contributed by atoms with van der Waals surface area (Å²) in [5.74, 6) is 1.14. The molecule has 0 bridgehead atoms. The maximum absolute atomic E-state index is 11.1. The van der Waals surface area contributed by atoms with E-state index in [1.807, 2.05) is 13.8 Å². The Morgan fingerprint density at radius 2 is 1.89 bits per heavy atom. The van der Waals surface area contributed by atoms with Crippen LogP contribution in [0.5, 0.6) is 11.5 Å². The number of nitrogens with one attached hydrogen (secondary N) is 1. The van der Waals surface area contributed by atoms with Gasteiger partial charge in [-0.1, -0.05) is 6.92 Å². The Hall–Kier alpha value is -3.69. The van der Waals surface area contributed by atoms with Crippen LogP contribution in [-0.4, -0.2) is 29.3 Å². The Bertz CT molecular complexity index is 900. The number of anilines is 1. The monoisotopic (exact) mass is 388 g/mol. The van der Waals surface area contributed by atoms with Gasteiger partial charge in [-0.15, -0.1) is 0 Å². The number of non-ortho nitro benzene ring substituents is 1. The van der Waals surface area contributed by atoms with Gasteiger partial charge < -0.3 is 9.47 Å². The van der Waals surface area contributed by atoms with Crippen molar-refractivity contribution in [2.45, 2.75) is 26.4 Å². The summed E-state index contributed by atoms with van der Waals surface area (Å²) in [6, 6.07) is 8.50. The van der Waals surface area contributed by atoms with Gasteiger partial charge in [-0.25, -0.2) is 0 Å². The molecule has 0 aromatic heterocycles. The number of benzene rings is 2. The SMILES string of the molecule is CCC(C)Oc1ccc(/C=N\Nc2ccc([N+](=O)[O-])cc2[N+](=O)[O-])cc1OC. The van der Waals surface area contributed by atoms with Crippen LogP contribution in [0.25, 0.3) is 0 Å². The third-order valence-corrected chi connectivity index (χ3v) is 3.88. The highest BCUT2D eigenvalue weighted by Gasteiger charge is 2.19. The zero-order chi connectivity index (χ0) is 20.7. The first kappa shape index (κ1) is 20.6. The topological polar surface area (TPSA) is 129 Å². The highest BCUT2D eigenvalue weighted by Crippen LogP contribution is 2.30. The van der Waals surface area contributed by atoms with Crippen LogP contribution in [0.2, 0.25) is 0 Å². The van der Waals surface area contributed by atoms with E-state index in [9.17, 15) is 20.2 Å². The molecule has 28 heavy (non-hydrogen) atoms. The minimum absolute atomic E-state index is 0.0375. The number of rotatable bonds is 9. The van der Waals surface area contributed by atoms with E-state index in [2.05, 4.69) is 10.5 Å². The summed E-state index contributed by atoms with van der Waals surface area (Å²) in [7, 11) is 1.53. The maximum atomic E-state index is 11.1. The average Bonchev–Trinajstić information content (AvgIpc) is 2.68. The molecule has 10 heteroatoms. The largest absolute Gasteiger partial charge is 0.493 e. The van der Waals surface area contributed by atoms with E-state index >= 15 is 0 Å². The third kappa shape index (κ3) is 5.16. The van der Waals surface area contributed by atoms with Crippen LogP contribution >= 0.6 is 0 Å². The van der Waals surface area contributed by atoms with E-state index in [1.54, 1.807) is 18.2 Å². The van der Waals surface area contributed by atoms with Gasteiger partial charge in [-0.3, -0.25) is 25.7 Å². The Morgan fingerprint density at radius 3 is 2.50 bits per heavy atom. The summed E-state index contributed by atoms with van der Waals surface area (Å²) in [6.45, 7) is 3.97. The molecular formula is C18H20N4O6. The van der Waals surface area contributed by atoms with Crippen LogP contribution in [0, 0.1) is 20.2 Å². The molecule has 0 aliphatic rings. The number of nitro groups is 2. The summed E-state index contributed by atoms with van der Waals surface area (Å²) in [5, 5.41) is 25.9. The van der Waals surface area contributed by atoms with Crippen molar-refractivity contribution in [3.05, 3.63) is 62.2 Å². The second-order valence-corrected chi connectivity index (χ2v) is 5.83. The standard InChI is InChI=1S/C18H20N4O6/c1-4-12(2)28-17-8-5-13(9-18(17)27-3)11-19-20-15-7-6-14(21(23)24)10-16(15)22(25)26/h5-12,20H,4H2,1-3H3/b19-11-. The molecule has 0 saturated heterocycles. The van der Waals surface area contributed by atoms with Crippen LogP contribution < -0.4 is 14.9 Å². The van der Waals surface area contributed by atoms with Crippen molar-refractivity contribution in [2.75, 3.05) is 12.5 Å². The number of nitrogens with zero attached hydrogens (tertiary/aromatic N) is 3. The number of hydrazone groups is 1. The van der Waals surface area contributed by atoms with Gasteiger partial charge in [0.25, 0.3) is 5.69 Å². The van der Waals surface area contributed by atoms with Gasteiger partial charge in [-0.05, 0) is 43.2 Å². The van der Waals surface area contributed by atoms with E-state index in [4.69, 9.17) is 9.47 Å². The number of ether oxygens (including phenoxy) is 2. The van der Waals surface area contributed by atoms with Gasteiger partial charge in [0, 0.05) is 6.07 Å². The zero-order valence-electron chi connectivity index (χ0n) is 15.6. The number of methoxy groups -OCH3 is 1. The lowest BCUT2D eigenvalue weighted by Crippen LogP contribution is -2.10. The van der Waals surface area contributed by atoms with Crippen LogP contribution in [0.4, 0.5) is 17.1 Å². The lowest BCUT2D eigenvalue weighted by Gasteiger charge is -2.15. The first-order chi connectivity index (χ1) is 13.3. The molecule has 0 amide bonds. The molecule has 2 rings (SSSR count). The van der Waals surface area contributed by atoms with Gasteiger partial charge in [0.15, 0.2) is 11.5 Å². The molecule has 0 radical (unpaired) electrons.